The number of rotatable bonds is 6. The SMILES string of the molecule is NC(=O)N1CCc2c(c(-c3ccc(Cl)c(C#Cc4ccc(Cl)c(C(=O)N5CCCC5)c4)c3)nn2CCCN2CCSCC2)C1. The van der Waals surface area contributed by atoms with Crippen LogP contribution in [0.2, 0.25) is 10.0 Å². The highest BCUT2D eigenvalue weighted by atomic mass is 35.5. The molecular weight excluding hydrogens is 615 g/mol. The van der Waals surface area contributed by atoms with E-state index in [1.165, 1.54) is 11.5 Å². The summed E-state index contributed by atoms with van der Waals surface area (Å²) in [4.78, 5) is 31.1. The Bertz CT molecular complexity index is 1620. The average molecular weight is 652 g/mol. The molecule has 0 radical (unpaired) electrons. The Balaban J connectivity index is 1.27. The van der Waals surface area contributed by atoms with Gasteiger partial charge in [0.2, 0.25) is 0 Å². The lowest BCUT2D eigenvalue weighted by molar-refractivity contribution is 0.0793. The number of nitrogens with zero attached hydrogens (tertiary/aromatic N) is 5. The number of nitrogens with two attached hydrogens (primary N) is 1. The van der Waals surface area contributed by atoms with Crippen molar-refractivity contribution in [1.29, 1.82) is 0 Å². The second-order valence-electron chi connectivity index (χ2n) is 11.5. The number of amides is 3. The van der Waals surface area contributed by atoms with Crippen molar-refractivity contribution in [2.45, 2.75) is 38.8 Å². The number of carbonyl (C=O) groups excluding carboxylic acids is 2. The zero-order valence-corrected chi connectivity index (χ0v) is 27.0. The number of benzene rings is 2. The van der Waals surface area contributed by atoms with Crippen LogP contribution < -0.4 is 5.73 Å². The molecule has 44 heavy (non-hydrogen) atoms. The number of hydrogen-bond donors (Lipinski definition) is 1. The van der Waals surface area contributed by atoms with E-state index in [0.717, 1.165) is 81.0 Å². The molecule has 2 aromatic carbocycles. The van der Waals surface area contributed by atoms with Crippen LogP contribution in [0, 0.1) is 11.8 Å². The highest BCUT2D eigenvalue weighted by Gasteiger charge is 2.27. The molecule has 3 amide bonds. The number of carbonyl (C=O) groups is 2. The number of thioether (sulfide) groups is 1. The van der Waals surface area contributed by atoms with E-state index in [9.17, 15) is 9.59 Å². The molecule has 2 fully saturated rings. The standard InChI is InChI=1S/C33H36Cl2N6O2S/c34-28-9-7-25(21-24(28)6-4-23-5-8-29(35)26(20-23)32(42)39-12-1-2-13-39)31-27-22-40(33(36)43)15-10-30(27)41(37-31)14-3-11-38-16-18-44-19-17-38/h5,7-9,20-21H,1-3,10-19,22H2,(H2,36,43). The van der Waals surface area contributed by atoms with Crippen molar-refractivity contribution >= 4 is 46.9 Å². The second-order valence-corrected chi connectivity index (χ2v) is 13.5. The quantitative estimate of drug-likeness (QED) is 0.363. The van der Waals surface area contributed by atoms with Crippen molar-refractivity contribution < 1.29 is 9.59 Å². The van der Waals surface area contributed by atoms with Crippen LogP contribution in [0.4, 0.5) is 4.79 Å². The largest absolute Gasteiger partial charge is 0.351 e. The van der Waals surface area contributed by atoms with Crippen LogP contribution in [0.25, 0.3) is 11.3 Å². The minimum atomic E-state index is -0.425. The van der Waals surface area contributed by atoms with Crippen LogP contribution >= 0.6 is 35.0 Å². The summed E-state index contributed by atoms with van der Waals surface area (Å²) < 4.78 is 2.12. The molecule has 0 unspecified atom stereocenters. The third kappa shape index (κ3) is 6.89. The summed E-state index contributed by atoms with van der Waals surface area (Å²) in [5.41, 5.74) is 11.4. The Hall–Kier alpha value is -3.16. The number of hydrogen-bond acceptors (Lipinski definition) is 5. The maximum absolute atomic E-state index is 13.0. The average Bonchev–Trinajstić information content (AvgIpc) is 3.70. The van der Waals surface area contributed by atoms with Gasteiger partial charge in [-0.3, -0.25) is 9.48 Å². The summed E-state index contributed by atoms with van der Waals surface area (Å²) in [5, 5.41) is 6.02. The number of halogens is 2. The van der Waals surface area contributed by atoms with Crippen LogP contribution in [-0.4, -0.2) is 87.2 Å². The van der Waals surface area contributed by atoms with Gasteiger partial charge in [0, 0.05) is 85.1 Å². The summed E-state index contributed by atoms with van der Waals surface area (Å²) in [6.45, 7) is 6.65. The molecule has 0 bridgehead atoms. The van der Waals surface area contributed by atoms with Crippen molar-refractivity contribution in [2.24, 2.45) is 5.73 Å². The third-order valence-corrected chi connectivity index (χ3v) is 10.2. The van der Waals surface area contributed by atoms with Gasteiger partial charge in [-0.2, -0.15) is 16.9 Å². The van der Waals surface area contributed by atoms with Crippen molar-refractivity contribution in [1.82, 2.24) is 24.5 Å². The molecule has 0 saturated carbocycles. The predicted octanol–water partition coefficient (Wildman–Crippen LogP) is 5.37. The minimum Gasteiger partial charge on any atom is -0.351 e. The molecule has 3 aliphatic rings. The first-order valence-electron chi connectivity index (χ1n) is 15.2. The van der Waals surface area contributed by atoms with Crippen LogP contribution in [0.15, 0.2) is 36.4 Å². The van der Waals surface area contributed by atoms with Gasteiger partial charge in [-0.1, -0.05) is 41.1 Å². The maximum Gasteiger partial charge on any atom is 0.315 e. The number of urea groups is 1. The number of primary amides is 1. The van der Waals surface area contributed by atoms with Gasteiger partial charge in [0.1, 0.15) is 0 Å². The molecule has 0 spiro atoms. The Kier molecular flexibility index (Phi) is 9.72. The summed E-state index contributed by atoms with van der Waals surface area (Å²) >= 11 is 15.0. The van der Waals surface area contributed by atoms with Gasteiger partial charge in [0.15, 0.2) is 0 Å². The van der Waals surface area contributed by atoms with Crippen LogP contribution in [-0.2, 0) is 19.5 Å². The molecule has 0 atom stereocenters. The van der Waals surface area contributed by atoms with Crippen molar-refractivity contribution in [3.8, 4) is 23.1 Å². The molecule has 8 nitrogen and oxygen atoms in total. The topological polar surface area (TPSA) is 87.7 Å². The Morgan fingerprint density at radius 3 is 2.45 bits per heavy atom. The second kappa shape index (κ2) is 13.9. The van der Waals surface area contributed by atoms with E-state index in [-0.39, 0.29) is 5.91 Å². The number of aromatic nitrogens is 2. The van der Waals surface area contributed by atoms with Gasteiger partial charge in [-0.05, 0) is 56.1 Å². The van der Waals surface area contributed by atoms with Gasteiger partial charge in [0.05, 0.1) is 27.8 Å². The molecule has 1 aromatic heterocycles. The molecule has 2 N–H and O–H groups in total. The minimum absolute atomic E-state index is 0.0588. The monoisotopic (exact) mass is 650 g/mol. The molecule has 6 rings (SSSR count). The first kappa shape index (κ1) is 30.8. The molecule has 4 heterocycles. The van der Waals surface area contributed by atoms with Crippen LogP contribution in [0.1, 0.15) is 52.0 Å². The highest BCUT2D eigenvalue weighted by Crippen LogP contribution is 2.32. The fourth-order valence-electron chi connectivity index (χ4n) is 6.13. The summed E-state index contributed by atoms with van der Waals surface area (Å²) in [5.74, 6) is 8.71. The van der Waals surface area contributed by atoms with Gasteiger partial charge >= 0.3 is 6.03 Å². The normalized spacial score (nSPS) is 16.9. The Morgan fingerprint density at radius 2 is 1.68 bits per heavy atom. The molecular formula is C33H36Cl2N6O2S. The van der Waals surface area contributed by atoms with Crippen molar-refractivity contribution in [3.05, 3.63) is 74.4 Å². The third-order valence-electron chi connectivity index (χ3n) is 8.56. The Labute approximate surface area is 272 Å². The number of likely N-dealkylation sites (tertiary alicyclic amines) is 1. The van der Waals surface area contributed by atoms with E-state index in [1.807, 2.05) is 40.9 Å². The summed E-state index contributed by atoms with van der Waals surface area (Å²) in [6, 6.07) is 10.6. The summed E-state index contributed by atoms with van der Waals surface area (Å²) in [7, 11) is 0. The van der Waals surface area contributed by atoms with E-state index in [2.05, 4.69) is 21.4 Å². The fourth-order valence-corrected chi connectivity index (χ4v) is 7.47. The zero-order valence-electron chi connectivity index (χ0n) is 24.7. The van der Waals surface area contributed by atoms with Crippen molar-refractivity contribution in [3.63, 3.8) is 0 Å². The number of aryl methyl sites for hydroxylation is 1. The lowest BCUT2D eigenvalue weighted by Gasteiger charge is -2.27. The zero-order chi connectivity index (χ0) is 30.6. The molecule has 230 valence electrons. The number of fused-ring (bicyclic) bond motifs is 1. The van der Waals surface area contributed by atoms with Crippen molar-refractivity contribution in [2.75, 3.05) is 50.8 Å². The fraction of sp³-hybridized carbons (Fsp3) is 0.424. The smallest absolute Gasteiger partial charge is 0.315 e. The predicted molar refractivity (Wildman–Crippen MR) is 177 cm³/mol. The molecule has 2 saturated heterocycles. The highest BCUT2D eigenvalue weighted by molar-refractivity contribution is 7.99. The van der Waals surface area contributed by atoms with Crippen LogP contribution in [0.5, 0.6) is 0 Å². The van der Waals surface area contributed by atoms with E-state index in [1.54, 1.807) is 17.0 Å². The van der Waals surface area contributed by atoms with Gasteiger partial charge < -0.3 is 20.4 Å². The molecule has 3 aromatic rings. The van der Waals surface area contributed by atoms with E-state index < -0.39 is 6.03 Å². The Morgan fingerprint density at radius 1 is 0.909 bits per heavy atom. The van der Waals surface area contributed by atoms with Gasteiger partial charge in [-0.15, -0.1) is 0 Å². The van der Waals surface area contributed by atoms with E-state index in [0.29, 0.717) is 46.2 Å². The van der Waals surface area contributed by atoms with Gasteiger partial charge in [0.25, 0.3) is 5.91 Å². The lowest BCUT2D eigenvalue weighted by atomic mass is 9.99. The van der Waals surface area contributed by atoms with Gasteiger partial charge in [-0.25, -0.2) is 4.79 Å². The summed E-state index contributed by atoms with van der Waals surface area (Å²) in [6.07, 6.45) is 3.74. The first-order valence-corrected chi connectivity index (χ1v) is 17.1. The molecule has 11 heteroatoms. The maximum atomic E-state index is 13.0. The lowest BCUT2D eigenvalue weighted by Crippen LogP contribution is -2.39. The molecule has 0 aliphatic carbocycles. The first-order chi connectivity index (χ1) is 21.4. The van der Waals surface area contributed by atoms with E-state index in [4.69, 9.17) is 34.0 Å². The van der Waals surface area contributed by atoms with Crippen LogP contribution in [0.3, 0.4) is 0 Å². The van der Waals surface area contributed by atoms with E-state index >= 15 is 0 Å². The molecule has 3 aliphatic heterocycles.